The molecule has 0 saturated carbocycles. The molecule has 1 aliphatic heterocycles. The summed E-state index contributed by atoms with van der Waals surface area (Å²) in [5.41, 5.74) is 0.714. The Bertz CT molecular complexity index is 465. The smallest absolute Gasteiger partial charge is 0.243 e. The first-order valence-corrected chi connectivity index (χ1v) is 6.50. The molecule has 1 aromatic carbocycles. The van der Waals surface area contributed by atoms with Crippen molar-refractivity contribution in [2.24, 2.45) is 5.16 Å². The minimum absolute atomic E-state index is 0.0179. The number of benzene rings is 1. The fourth-order valence-electron chi connectivity index (χ4n) is 1.42. The highest BCUT2D eigenvalue weighted by Crippen LogP contribution is 2.28. The number of rotatable bonds is 3. The molecule has 1 saturated heterocycles. The van der Waals surface area contributed by atoms with Crippen molar-refractivity contribution in [1.29, 1.82) is 0 Å². The number of carbonyl (C=O) groups is 1. The van der Waals surface area contributed by atoms with Crippen molar-refractivity contribution in [3.63, 3.8) is 0 Å². The van der Waals surface area contributed by atoms with Crippen molar-refractivity contribution < 1.29 is 9.63 Å². The molecule has 0 atom stereocenters. The second-order valence-corrected chi connectivity index (χ2v) is 4.67. The number of hydrogen-bond acceptors (Lipinski definition) is 4. The Labute approximate surface area is 109 Å². The third-order valence-corrected chi connectivity index (χ3v) is 3.25. The Balaban J connectivity index is 2.31. The quantitative estimate of drug-likeness (QED) is 0.793. The summed E-state index contributed by atoms with van der Waals surface area (Å²) in [6, 6.07) is 7.11. The van der Waals surface area contributed by atoms with Gasteiger partial charge < -0.3 is 4.84 Å². The van der Waals surface area contributed by atoms with Gasteiger partial charge in [0.2, 0.25) is 11.1 Å². The van der Waals surface area contributed by atoms with E-state index in [9.17, 15) is 4.79 Å². The standard InChI is InChI=1S/C11H11ClN2O2S/c1-2-16-13-11-14(10(15)7-17-11)9-5-3-4-8(12)6-9/h3-6H,2,7H2,1H3/b13-11+. The van der Waals surface area contributed by atoms with Gasteiger partial charge in [-0.2, -0.15) is 0 Å². The van der Waals surface area contributed by atoms with Gasteiger partial charge in [-0.3, -0.25) is 9.69 Å². The van der Waals surface area contributed by atoms with E-state index in [4.69, 9.17) is 16.4 Å². The van der Waals surface area contributed by atoms with Crippen LogP contribution in [0.15, 0.2) is 29.4 Å². The fourth-order valence-corrected chi connectivity index (χ4v) is 2.43. The zero-order valence-electron chi connectivity index (χ0n) is 9.22. The van der Waals surface area contributed by atoms with Crippen molar-refractivity contribution in [2.75, 3.05) is 17.3 Å². The molecular formula is C11H11ClN2O2S. The van der Waals surface area contributed by atoms with Gasteiger partial charge in [0.25, 0.3) is 0 Å². The van der Waals surface area contributed by atoms with Gasteiger partial charge in [-0.1, -0.05) is 34.6 Å². The van der Waals surface area contributed by atoms with Crippen molar-refractivity contribution in [3.8, 4) is 0 Å². The van der Waals surface area contributed by atoms with Gasteiger partial charge in [-0.05, 0) is 25.1 Å². The van der Waals surface area contributed by atoms with Crippen LogP contribution in [-0.4, -0.2) is 23.4 Å². The summed E-state index contributed by atoms with van der Waals surface area (Å²) in [5.74, 6) is 0.356. The zero-order valence-corrected chi connectivity index (χ0v) is 10.8. The molecule has 0 N–H and O–H groups in total. The van der Waals surface area contributed by atoms with Crippen LogP contribution in [0, 0.1) is 0 Å². The second-order valence-electron chi connectivity index (χ2n) is 3.29. The number of hydrogen-bond donors (Lipinski definition) is 0. The van der Waals surface area contributed by atoms with Gasteiger partial charge in [0, 0.05) is 5.02 Å². The molecule has 90 valence electrons. The number of amides is 1. The molecule has 1 heterocycles. The number of thioether (sulfide) groups is 1. The van der Waals surface area contributed by atoms with Crippen LogP contribution < -0.4 is 4.90 Å². The van der Waals surface area contributed by atoms with Crippen LogP contribution in [0.4, 0.5) is 5.69 Å². The molecule has 2 rings (SSSR count). The predicted molar refractivity (Wildman–Crippen MR) is 70.5 cm³/mol. The van der Waals surface area contributed by atoms with E-state index < -0.39 is 0 Å². The molecular weight excluding hydrogens is 260 g/mol. The van der Waals surface area contributed by atoms with E-state index in [-0.39, 0.29) is 5.91 Å². The number of amidine groups is 1. The van der Waals surface area contributed by atoms with E-state index in [1.54, 1.807) is 18.2 Å². The van der Waals surface area contributed by atoms with Crippen LogP contribution >= 0.6 is 23.4 Å². The third kappa shape index (κ3) is 2.73. The van der Waals surface area contributed by atoms with Gasteiger partial charge in [-0.25, -0.2) is 0 Å². The van der Waals surface area contributed by atoms with E-state index in [2.05, 4.69) is 5.16 Å². The minimum Gasteiger partial charge on any atom is -0.394 e. The maximum absolute atomic E-state index is 11.8. The summed E-state index contributed by atoms with van der Waals surface area (Å²) in [5, 5.41) is 5.06. The normalized spacial score (nSPS) is 17.9. The summed E-state index contributed by atoms with van der Waals surface area (Å²) in [6.07, 6.45) is 0. The molecule has 0 aliphatic carbocycles. The average Bonchev–Trinajstić information content (AvgIpc) is 2.68. The molecule has 0 unspecified atom stereocenters. The Morgan fingerprint density at radius 3 is 3.12 bits per heavy atom. The first kappa shape index (κ1) is 12.3. The monoisotopic (exact) mass is 270 g/mol. The van der Waals surface area contributed by atoms with Gasteiger partial charge in [0.05, 0.1) is 11.4 Å². The van der Waals surface area contributed by atoms with Gasteiger partial charge in [0.15, 0.2) is 0 Å². The Kier molecular flexibility index (Phi) is 3.91. The molecule has 4 nitrogen and oxygen atoms in total. The molecule has 17 heavy (non-hydrogen) atoms. The third-order valence-electron chi connectivity index (χ3n) is 2.10. The minimum atomic E-state index is -0.0179. The van der Waals surface area contributed by atoms with Crippen molar-refractivity contribution in [3.05, 3.63) is 29.3 Å². The lowest BCUT2D eigenvalue weighted by Gasteiger charge is -2.15. The van der Waals surface area contributed by atoms with Crippen molar-refractivity contribution in [1.82, 2.24) is 0 Å². The lowest BCUT2D eigenvalue weighted by Crippen LogP contribution is -2.29. The number of anilines is 1. The van der Waals surface area contributed by atoms with E-state index in [1.165, 1.54) is 16.7 Å². The van der Waals surface area contributed by atoms with Gasteiger partial charge >= 0.3 is 0 Å². The SMILES string of the molecule is CCO/N=C1/SCC(=O)N1c1cccc(Cl)c1. The Morgan fingerprint density at radius 1 is 1.59 bits per heavy atom. The lowest BCUT2D eigenvalue weighted by atomic mass is 10.3. The second kappa shape index (κ2) is 5.42. The molecule has 0 bridgehead atoms. The number of carbonyl (C=O) groups excluding carboxylic acids is 1. The summed E-state index contributed by atoms with van der Waals surface area (Å²) in [6.45, 7) is 2.32. The molecule has 0 aromatic heterocycles. The van der Waals surface area contributed by atoms with E-state index in [1.807, 2.05) is 13.0 Å². The Hall–Kier alpha value is -1.20. The number of oxime groups is 1. The maximum Gasteiger partial charge on any atom is 0.243 e. The molecule has 1 amide bonds. The topological polar surface area (TPSA) is 41.9 Å². The molecule has 0 radical (unpaired) electrons. The highest BCUT2D eigenvalue weighted by Gasteiger charge is 2.30. The highest BCUT2D eigenvalue weighted by atomic mass is 35.5. The summed E-state index contributed by atoms with van der Waals surface area (Å²) in [4.78, 5) is 18.3. The average molecular weight is 271 g/mol. The first-order valence-electron chi connectivity index (χ1n) is 5.13. The molecule has 1 aliphatic rings. The fraction of sp³-hybridized carbons (Fsp3) is 0.273. The molecule has 1 aromatic rings. The van der Waals surface area contributed by atoms with E-state index >= 15 is 0 Å². The lowest BCUT2D eigenvalue weighted by molar-refractivity contribution is -0.115. The largest absolute Gasteiger partial charge is 0.394 e. The van der Waals surface area contributed by atoms with E-state index in [0.717, 1.165) is 0 Å². The predicted octanol–water partition coefficient (Wildman–Crippen LogP) is 2.73. The summed E-state index contributed by atoms with van der Waals surface area (Å²) >= 11 is 7.26. The molecule has 0 spiro atoms. The first-order chi connectivity index (χ1) is 8.22. The van der Waals surface area contributed by atoms with Gasteiger partial charge in [-0.15, -0.1) is 0 Å². The van der Waals surface area contributed by atoms with Crippen LogP contribution in [0.1, 0.15) is 6.92 Å². The molecule has 1 fully saturated rings. The van der Waals surface area contributed by atoms with Crippen LogP contribution in [-0.2, 0) is 9.63 Å². The highest BCUT2D eigenvalue weighted by molar-refractivity contribution is 8.15. The van der Waals surface area contributed by atoms with Crippen molar-refractivity contribution >= 4 is 40.1 Å². The van der Waals surface area contributed by atoms with Crippen LogP contribution in [0.5, 0.6) is 0 Å². The molecule has 6 heteroatoms. The van der Waals surface area contributed by atoms with Crippen molar-refractivity contribution in [2.45, 2.75) is 6.92 Å². The summed E-state index contributed by atoms with van der Waals surface area (Å²) < 4.78 is 0. The maximum atomic E-state index is 11.8. The number of nitrogens with zero attached hydrogens (tertiary/aromatic N) is 2. The van der Waals surface area contributed by atoms with Crippen LogP contribution in [0.2, 0.25) is 5.02 Å². The zero-order chi connectivity index (χ0) is 12.3. The van der Waals surface area contributed by atoms with E-state index in [0.29, 0.717) is 28.2 Å². The van der Waals surface area contributed by atoms with Crippen LogP contribution in [0.25, 0.3) is 0 Å². The van der Waals surface area contributed by atoms with Crippen LogP contribution in [0.3, 0.4) is 0 Å². The number of halogens is 1. The van der Waals surface area contributed by atoms with Gasteiger partial charge in [0.1, 0.15) is 6.61 Å². The summed E-state index contributed by atoms with van der Waals surface area (Å²) in [7, 11) is 0. The Morgan fingerprint density at radius 2 is 2.41 bits per heavy atom.